The monoisotopic (exact) mass is 238 g/mol. The molecule has 4 heteroatoms. The van der Waals surface area contributed by atoms with Crippen molar-refractivity contribution in [2.75, 3.05) is 5.32 Å². The second kappa shape index (κ2) is 4.19. The highest BCUT2D eigenvalue weighted by Gasteiger charge is 2.46. The van der Waals surface area contributed by atoms with Crippen LogP contribution in [0.15, 0.2) is 42.7 Å². The van der Waals surface area contributed by atoms with E-state index in [0.29, 0.717) is 6.04 Å². The van der Waals surface area contributed by atoms with Crippen LogP contribution in [0.1, 0.15) is 18.4 Å². The first-order valence-electron chi connectivity index (χ1n) is 6.04. The zero-order chi connectivity index (χ0) is 12.4. The van der Waals surface area contributed by atoms with Crippen LogP contribution in [-0.2, 0) is 5.41 Å². The van der Waals surface area contributed by atoms with Gasteiger partial charge in [-0.3, -0.25) is 5.10 Å². The minimum absolute atomic E-state index is 0.317. The van der Waals surface area contributed by atoms with E-state index < -0.39 is 0 Å². The first-order valence-corrected chi connectivity index (χ1v) is 6.04. The summed E-state index contributed by atoms with van der Waals surface area (Å²) in [5.41, 5.74) is 1.79. The third kappa shape index (κ3) is 1.74. The highest BCUT2D eigenvalue weighted by Crippen LogP contribution is 2.44. The van der Waals surface area contributed by atoms with Crippen LogP contribution in [0, 0.1) is 11.3 Å². The number of H-pyrrole nitrogens is 1. The number of nitrogens with one attached hydrogen (secondary N) is 2. The number of benzene rings is 1. The van der Waals surface area contributed by atoms with Crippen LogP contribution >= 0.6 is 0 Å². The van der Waals surface area contributed by atoms with Crippen molar-refractivity contribution in [1.29, 1.82) is 5.26 Å². The molecule has 4 nitrogen and oxygen atoms in total. The first-order chi connectivity index (χ1) is 8.82. The molecule has 1 fully saturated rings. The first kappa shape index (κ1) is 10.8. The van der Waals surface area contributed by atoms with Gasteiger partial charge in [0, 0.05) is 12.2 Å². The molecule has 0 aliphatic heterocycles. The average Bonchev–Trinajstić information content (AvgIpc) is 2.87. The van der Waals surface area contributed by atoms with Crippen molar-refractivity contribution < 1.29 is 0 Å². The molecule has 0 spiro atoms. The summed E-state index contributed by atoms with van der Waals surface area (Å²) in [5.74, 6) is 0. The van der Waals surface area contributed by atoms with E-state index in [-0.39, 0.29) is 5.41 Å². The van der Waals surface area contributed by atoms with Crippen molar-refractivity contribution in [2.24, 2.45) is 0 Å². The topological polar surface area (TPSA) is 64.5 Å². The van der Waals surface area contributed by atoms with E-state index in [0.717, 1.165) is 24.1 Å². The van der Waals surface area contributed by atoms with Crippen LogP contribution in [0.3, 0.4) is 0 Å². The van der Waals surface area contributed by atoms with Gasteiger partial charge in [0.15, 0.2) is 0 Å². The van der Waals surface area contributed by atoms with Crippen LogP contribution in [0.5, 0.6) is 0 Å². The van der Waals surface area contributed by atoms with Crippen molar-refractivity contribution in [3.63, 3.8) is 0 Å². The second-order valence-corrected chi connectivity index (χ2v) is 4.80. The molecule has 1 aliphatic carbocycles. The summed E-state index contributed by atoms with van der Waals surface area (Å²) >= 11 is 0. The molecule has 1 aromatic heterocycles. The van der Waals surface area contributed by atoms with Crippen molar-refractivity contribution in [3.05, 3.63) is 48.3 Å². The molecule has 1 aromatic carbocycles. The fraction of sp³-hybridized carbons (Fsp3) is 0.286. The van der Waals surface area contributed by atoms with Gasteiger partial charge in [0.25, 0.3) is 0 Å². The standard InChI is InChI=1S/C14H14N4/c15-10-14(11-4-2-1-3-5-11)6-12(7-14)18-13-8-16-17-9-13/h1-5,8-9,12,18H,6-7H2,(H,16,17). The molecular weight excluding hydrogens is 224 g/mol. The quantitative estimate of drug-likeness (QED) is 0.863. The Morgan fingerprint density at radius 2 is 2.11 bits per heavy atom. The highest BCUT2D eigenvalue weighted by molar-refractivity contribution is 5.44. The Balaban J connectivity index is 1.70. The molecule has 1 aliphatic rings. The molecule has 2 N–H and O–H groups in total. The van der Waals surface area contributed by atoms with Crippen molar-refractivity contribution >= 4 is 5.69 Å². The maximum atomic E-state index is 9.44. The van der Waals surface area contributed by atoms with E-state index in [1.807, 2.05) is 36.5 Å². The van der Waals surface area contributed by atoms with Crippen LogP contribution < -0.4 is 5.32 Å². The smallest absolute Gasteiger partial charge is 0.0861 e. The van der Waals surface area contributed by atoms with Crippen molar-refractivity contribution in [1.82, 2.24) is 10.2 Å². The number of hydrogen-bond acceptors (Lipinski definition) is 3. The molecule has 0 atom stereocenters. The number of aromatic nitrogens is 2. The number of hydrogen-bond donors (Lipinski definition) is 2. The summed E-state index contributed by atoms with van der Waals surface area (Å²) < 4.78 is 0. The molecule has 0 radical (unpaired) electrons. The van der Waals surface area contributed by atoms with Gasteiger partial charge in [-0.1, -0.05) is 30.3 Å². The lowest BCUT2D eigenvalue weighted by Crippen LogP contribution is -2.47. The molecule has 0 amide bonds. The van der Waals surface area contributed by atoms with Crippen LogP contribution in [0.2, 0.25) is 0 Å². The molecule has 90 valence electrons. The van der Waals surface area contributed by atoms with Crippen LogP contribution in [0.25, 0.3) is 0 Å². The maximum absolute atomic E-state index is 9.44. The molecule has 0 saturated heterocycles. The molecule has 18 heavy (non-hydrogen) atoms. The van der Waals surface area contributed by atoms with Gasteiger partial charge in [0.05, 0.1) is 23.4 Å². The SMILES string of the molecule is N#CC1(c2ccccc2)CC(Nc2cn[nH]c2)C1. The Morgan fingerprint density at radius 1 is 1.33 bits per heavy atom. The summed E-state index contributed by atoms with van der Waals surface area (Å²) in [4.78, 5) is 0. The van der Waals surface area contributed by atoms with Gasteiger partial charge in [0.1, 0.15) is 0 Å². The molecule has 1 saturated carbocycles. The van der Waals surface area contributed by atoms with E-state index in [1.165, 1.54) is 0 Å². The molecule has 3 rings (SSSR count). The van der Waals surface area contributed by atoms with Gasteiger partial charge >= 0.3 is 0 Å². The summed E-state index contributed by atoms with van der Waals surface area (Å²) in [6.45, 7) is 0. The Morgan fingerprint density at radius 3 is 2.72 bits per heavy atom. The van der Waals surface area contributed by atoms with Crippen LogP contribution in [-0.4, -0.2) is 16.2 Å². The Labute approximate surface area is 106 Å². The summed E-state index contributed by atoms with van der Waals surface area (Å²) in [6.07, 6.45) is 5.28. The third-order valence-corrected chi connectivity index (χ3v) is 3.60. The van der Waals surface area contributed by atoms with Crippen molar-refractivity contribution in [3.8, 4) is 6.07 Å². The van der Waals surface area contributed by atoms with Gasteiger partial charge in [-0.25, -0.2) is 0 Å². The number of anilines is 1. The Hall–Kier alpha value is -2.28. The minimum atomic E-state index is -0.317. The normalized spacial score (nSPS) is 26.1. The highest BCUT2D eigenvalue weighted by atomic mass is 15.1. The van der Waals surface area contributed by atoms with Gasteiger partial charge in [0.2, 0.25) is 0 Å². The predicted molar refractivity (Wildman–Crippen MR) is 69.0 cm³/mol. The second-order valence-electron chi connectivity index (χ2n) is 4.80. The third-order valence-electron chi connectivity index (χ3n) is 3.60. The van der Waals surface area contributed by atoms with Gasteiger partial charge in [-0.2, -0.15) is 10.4 Å². The van der Waals surface area contributed by atoms with Gasteiger partial charge in [-0.15, -0.1) is 0 Å². The van der Waals surface area contributed by atoms with E-state index >= 15 is 0 Å². The molecule has 0 unspecified atom stereocenters. The van der Waals surface area contributed by atoms with Gasteiger partial charge < -0.3 is 5.32 Å². The molecule has 0 bridgehead atoms. The van der Waals surface area contributed by atoms with Gasteiger partial charge in [-0.05, 0) is 18.4 Å². The lowest BCUT2D eigenvalue weighted by Gasteiger charge is -2.43. The zero-order valence-electron chi connectivity index (χ0n) is 9.93. The summed E-state index contributed by atoms with van der Waals surface area (Å²) in [7, 11) is 0. The van der Waals surface area contributed by atoms with E-state index in [9.17, 15) is 5.26 Å². The van der Waals surface area contributed by atoms with E-state index in [1.54, 1.807) is 6.20 Å². The van der Waals surface area contributed by atoms with Crippen LogP contribution in [0.4, 0.5) is 5.69 Å². The maximum Gasteiger partial charge on any atom is 0.0861 e. The molecule has 1 heterocycles. The van der Waals surface area contributed by atoms with E-state index in [2.05, 4.69) is 21.6 Å². The molecular formula is C14H14N4. The largest absolute Gasteiger partial charge is 0.380 e. The Kier molecular flexibility index (Phi) is 2.52. The number of rotatable bonds is 3. The minimum Gasteiger partial charge on any atom is -0.380 e. The lowest BCUT2D eigenvalue weighted by molar-refractivity contribution is 0.289. The van der Waals surface area contributed by atoms with Crippen molar-refractivity contribution in [2.45, 2.75) is 24.3 Å². The van der Waals surface area contributed by atoms with E-state index in [4.69, 9.17) is 0 Å². The average molecular weight is 238 g/mol. The number of nitriles is 1. The predicted octanol–water partition coefficient (Wildman–Crippen LogP) is 2.45. The number of nitrogens with zero attached hydrogens (tertiary/aromatic N) is 2. The lowest BCUT2D eigenvalue weighted by atomic mass is 9.62. The summed E-state index contributed by atoms with van der Waals surface area (Å²) in [5, 5.41) is 19.5. The fourth-order valence-corrected chi connectivity index (χ4v) is 2.60. The fourth-order valence-electron chi connectivity index (χ4n) is 2.60. The molecule has 2 aromatic rings. The number of aromatic amines is 1. The zero-order valence-corrected chi connectivity index (χ0v) is 9.93. The Bertz CT molecular complexity index is 547. The summed E-state index contributed by atoms with van der Waals surface area (Å²) in [6, 6.07) is 12.9.